The lowest BCUT2D eigenvalue weighted by Gasteiger charge is -2.08. The van der Waals surface area contributed by atoms with Gasteiger partial charge in [-0.1, -0.05) is 13.0 Å². The number of halogens is 1. The first-order chi connectivity index (χ1) is 9.11. The minimum Gasteiger partial charge on any atom is -0.345 e. The van der Waals surface area contributed by atoms with Crippen LogP contribution in [0.2, 0.25) is 0 Å². The van der Waals surface area contributed by atoms with Gasteiger partial charge in [0.2, 0.25) is 0 Å². The Kier molecular flexibility index (Phi) is 4.37. The molecule has 0 fully saturated rings. The fourth-order valence-corrected chi connectivity index (χ4v) is 2.48. The van der Waals surface area contributed by atoms with Gasteiger partial charge in [-0.3, -0.25) is 9.78 Å². The van der Waals surface area contributed by atoms with Gasteiger partial charge >= 0.3 is 0 Å². The summed E-state index contributed by atoms with van der Waals surface area (Å²) in [4.78, 5) is 16.4. The molecule has 0 saturated heterocycles. The topological polar surface area (TPSA) is 46.9 Å². The van der Waals surface area contributed by atoms with E-state index >= 15 is 0 Å². The molecular weight excluding hydrogens is 306 g/mol. The highest BCUT2D eigenvalue weighted by molar-refractivity contribution is 9.10. The third-order valence-corrected chi connectivity index (χ3v) is 3.42. The molecule has 0 aliphatic rings. The molecule has 2 aromatic heterocycles. The highest BCUT2D eigenvalue weighted by atomic mass is 79.9. The number of aryl methyl sites for hydroxylation is 2. The van der Waals surface area contributed by atoms with Crippen LogP contribution in [-0.4, -0.2) is 15.5 Å². The molecule has 2 rings (SSSR count). The highest BCUT2D eigenvalue weighted by Crippen LogP contribution is 2.13. The second kappa shape index (κ2) is 6.02. The molecular formula is C14H16BrN3O. The van der Waals surface area contributed by atoms with Gasteiger partial charge in [-0.15, -0.1) is 0 Å². The minimum atomic E-state index is -0.0964. The van der Waals surface area contributed by atoms with Crippen molar-refractivity contribution in [2.45, 2.75) is 19.9 Å². The Balaban J connectivity index is 2.06. The number of nitrogens with one attached hydrogen (secondary N) is 1. The average molecular weight is 322 g/mol. The molecule has 0 bridgehead atoms. The number of rotatable bonds is 4. The van der Waals surface area contributed by atoms with E-state index in [-0.39, 0.29) is 5.91 Å². The standard InChI is InChI=1S/C14H16BrN3O/c1-3-10-5-4-6-16-12(10)8-17-14(19)13-7-11(15)9-18(13)2/h4-7,9H,3,8H2,1-2H3,(H,17,19). The maximum absolute atomic E-state index is 12.1. The van der Waals surface area contributed by atoms with E-state index in [1.54, 1.807) is 16.8 Å². The van der Waals surface area contributed by atoms with Crippen LogP contribution in [0.15, 0.2) is 35.1 Å². The van der Waals surface area contributed by atoms with Crippen molar-refractivity contribution in [1.29, 1.82) is 0 Å². The van der Waals surface area contributed by atoms with Gasteiger partial charge < -0.3 is 9.88 Å². The van der Waals surface area contributed by atoms with E-state index in [0.717, 1.165) is 22.2 Å². The first-order valence-electron chi connectivity index (χ1n) is 6.14. The number of pyridine rings is 1. The minimum absolute atomic E-state index is 0.0964. The number of hydrogen-bond acceptors (Lipinski definition) is 2. The van der Waals surface area contributed by atoms with E-state index < -0.39 is 0 Å². The molecule has 0 aromatic carbocycles. The molecule has 1 amide bonds. The van der Waals surface area contributed by atoms with E-state index in [4.69, 9.17) is 0 Å². The third kappa shape index (κ3) is 3.23. The molecule has 1 N–H and O–H groups in total. The fourth-order valence-electron chi connectivity index (χ4n) is 1.96. The normalized spacial score (nSPS) is 10.5. The van der Waals surface area contributed by atoms with Gasteiger partial charge in [0, 0.05) is 23.9 Å². The lowest BCUT2D eigenvalue weighted by molar-refractivity contribution is 0.0942. The lowest BCUT2D eigenvalue weighted by atomic mass is 10.1. The molecule has 0 spiro atoms. The second-order valence-electron chi connectivity index (χ2n) is 4.30. The maximum Gasteiger partial charge on any atom is 0.268 e. The molecule has 2 aromatic rings. The van der Waals surface area contributed by atoms with Crippen LogP contribution in [0.5, 0.6) is 0 Å². The summed E-state index contributed by atoms with van der Waals surface area (Å²) in [5.41, 5.74) is 2.71. The van der Waals surface area contributed by atoms with Gasteiger partial charge in [-0.05, 0) is 40.0 Å². The second-order valence-corrected chi connectivity index (χ2v) is 5.22. The van der Waals surface area contributed by atoms with Gasteiger partial charge in [0.05, 0.1) is 12.2 Å². The Morgan fingerprint density at radius 3 is 2.95 bits per heavy atom. The summed E-state index contributed by atoms with van der Waals surface area (Å²) in [5, 5.41) is 2.90. The Labute approximate surface area is 121 Å². The zero-order chi connectivity index (χ0) is 13.8. The Morgan fingerprint density at radius 2 is 2.32 bits per heavy atom. The van der Waals surface area contributed by atoms with Crippen LogP contribution in [-0.2, 0) is 20.0 Å². The van der Waals surface area contributed by atoms with Gasteiger partial charge in [-0.2, -0.15) is 0 Å². The van der Waals surface area contributed by atoms with Crippen LogP contribution in [0, 0.1) is 0 Å². The summed E-state index contributed by atoms with van der Waals surface area (Å²) < 4.78 is 2.69. The number of carbonyl (C=O) groups excluding carboxylic acids is 1. The molecule has 100 valence electrons. The average Bonchev–Trinajstić information content (AvgIpc) is 2.75. The van der Waals surface area contributed by atoms with Gasteiger partial charge in [-0.25, -0.2) is 0 Å². The molecule has 0 unspecified atom stereocenters. The van der Waals surface area contributed by atoms with E-state index in [1.807, 2.05) is 25.4 Å². The fraction of sp³-hybridized carbons (Fsp3) is 0.286. The zero-order valence-electron chi connectivity index (χ0n) is 11.0. The largest absolute Gasteiger partial charge is 0.345 e. The van der Waals surface area contributed by atoms with Crippen molar-refractivity contribution in [1.82, 2.24) is 14.9 Å². The van der Waals surface area contributed by atoms with E-state index in [0.29, 0.717) is 12.2 Å². The van der Waals surface area contributed by atoms with Gasteiger partial charge in [0.1, 0.15) is 5.69 Å². The molecule has 0 aliphatic heterocycles. The van der Waals surface area contributed by atoms with Crippen molar-refractivity contribution in [2.75, 3.05) is 0 Å². The SMILES string of the molecule is CCc1cccnc1CNC(=O)c1cc(Br)cn1C. The lowest BCUT2D eigenvalue weighted by Crippen LogP contribution is -2.25. The van der Waals surface area contributed by atoms with Crippen molar-refractivity contribution in [3.05, 3.63) is 52.0 Å². The maximum atomic E-state index is 12.1. The van der Waals surface area contributed by atoms with Crippen molar-refractivity contribution in [3.8, 4) is 0 Å². The predicted molar refractivity (Wildman–Crippen MR) is 77.9 cm³/mol. The molecule has 0 saturated carbocycles. The van der Waals surface area contributed by atoms with E-state index in [2.05, 4.69) is 33.2 Å². The van der Waals surface area contributed by atoms with E-state index in [1.165, 1.54) is 0 Å². The summed E-state index contributed by atoms with van der Waals surface area (Å²) in [6.07, 6.45) is 4.52. The number of aromatic nitrogens is 2. The summed E-state index contributed by atoms with van der Waals surface area (Å²) in [6.45, 7) is 2.53. The summed E-state index contributed by atoms with van der Waals surface area (Å²) in [7, 11) is 1.85. The molecule has 4 nitrogen and oxygen atoms in total. The first kappa shape index (κ1) is 13.8. The van der Waals surface area contributed by atoms with Crippen LogP contribution in [0.1, 0.15) is 28.7 Å². The number of nitrogens with zero attached hydrogens (tertiary/aromatic N) is 2. The first-order valence-corrected chi connectivity index (χ1v) is 6.94. The third-order valence-electron chi connectivity index (χ3n) is 2.99. The van der Waals surface area contributed by atoms with Crippen LogP contribution in [0.3, 0.4) is 0 Å². The predicted octanol–water partition coefficient (Wildman–Crippen LogP) is 2.68. The Hall–Kier alpha value is -1.62. The summed E-state index contributed by atoms with van der Waals surface area (Å²) in [5.74, 6) is -0.0964. The van der Waals surface area contributed by atoms with Crippen molar-refractivity contribution < 1.29 is 4.79 Å². The smallest absolute Gasteiger partial charge is 0.268 e. The molecule has 19 heavy (non-hydrogen) atoms. The molecule has 0 radical (unpaired) electrons. The summed E-state index contributed by atoms with van der Waals surface area (Å²) in [6, 6.07) is 5.75. The number of amides is 1. The van der Waals surface area contributed by atoms with Gasteiger partial charge in [0.25, 0.3) is 5.91 Å². The van der Waals surface area contributed by atoms with Crippen LogP contribution < -0.4 is 5.32 Å². The Bertz CT molecular complexity index is 592. The monoisotopic (exact) mass is 321 g/mol. The van der Waals surface area contributed by atoms with Crippen molar-refractivity contribution in [3.63, 3.8) is 0 Å². The molecule has 0 aliphatic carbocycles. The highest BCUT2D eigenvalue weighted by Gasteiger charge is 2.11. The van der Waals surface area contributed by atoms with Crippen molar-refractivity contribution in [2.24, 2.45) is 7.05 Å². The van der Waals surface area contributed by atoms with Crippen molar-refractivity contribution >= 4 is 21.8 Å². The molecule has 0 atom stereocenters. The Morgan fingerprint density at radius 1 is 1.53 bits per heavy atom. The van der Waals surface area contributed by atoms with Gasteiger partial charge in [0.15, 0.2) is 0 Å². The van der Waals surface area contributed by atoms with Crippen LogP contribution in [0.25, 0.3) is 0 Å². The molecule has 2 heterocycles. The van der Waals surface area contributed by atoms with E-state index in [9.17, 15) is 4.79 Å². The number of hydrogen-bond donors (Lipinski definition) is 1. The quantitative estimate of drug-likeness (QED) is 0.941. The van der Waals surface area contributed by atoms with Crippen LogP contribution in [0.4, 0.5) is 0 Å². The molecule has 5 heteroatoms. The van der Waals surface area contributed by atoms with Crippen LogP contribution >= 0.6 is 15.9 Å². The zero-order valence-corrected chi connectivity index (χ0v) is 12.6. The number of carbonyl (C=O) groups is 1. The summed E-state index contributed by atoms with van der Waals surface area (Å²) >= 11 is 3.36.